The molecule has 2 atom stereocenters. The average Bonchev–Trinajstić information content (AvgIpc) is 2.04. The van der Waals surface area contributed by atoms with Crippen LogP contribution in [0.25, 0.3) is 0 Å². The number of halogens is 3. The molecule has 0 amide bonds. The minimum atomic E-state index is -0.254. The zero-order chi connectivity index (χ0) is 9.14. The molecule has 15 heavy (non-hydrogen) atoms. The van der Waals surface area contributed by atoms with Gasteiger partial charge in [-0.05, 0) is 24.6 Å². The number of hydrogen-bond donors (Lipinski definition) is 2. The van der Waals surface area contributed by atoms with E-state index in [1.165, 1.54) is 12.1 Å². The van der Waals surface area contributed by atoms with Crippen molar-refractivity contribution in [1.82, 2.24) is 0 Å². The third kappa shape index (κ3) is 6.49. The molecule has 0 aliphatic carbocycles. The molecule has 2 unspecified atom stereocenters. The van der Waals surface area contributed by atoms with Gasteiger partial charge in [0.1, 0.15) is 5.82 Å². The van der Waals surface area contributed by atoms with Gasteiger partial charge in [0.25, 0.3) is 0 Å². The van der Waals surface area contributed by atoms with Gasteiger partial charge in [0.15, 0.2) is 0 Å². The van der Waals surface area contributed by atoms with E-state index in [1.54, 1.807) is 12.1 Å². The molecule has 0 aromatic heterocycles. The summed E-state index contributed by atoms with van der Waals surface area (Å²) in [6, 6.07) is 5.75. The molecule has 0 bridgehead atoms. The Morgan fingerprint density at radius 1 is 1.07 bits per heavy atom. The first kappa shape index (κ1) is 20.7. The Hall–Kier alpha value is 0.338. The summed E-state index contributed by atoms with van der Waals surface area (Å²) < 4.78 is 12.5. The van der Waals surface area contributed by atoms with Crippen molar-refractivity contribution >= 4 is 0 Å². The topological polar surface area (TPSA) is 52.0 Å². The normalized spacial score (nSPS) is 12.5. The standard InChI is InChI=1S/C9H13FN2.2ClH.Pt/c1-6(11)9(12)7-2-4-8(10)5-3-7;;;/h2-6,9H,11-12H2,1H3;2*1H;/q;;;+2/p-2. The molecule has 1 rings (SSSR count). The van der Waals surface area contributed by atoms with Crippen molar-refractivity contribution in [3.05, 3.63) is 35.6 Å². The van der Waals surface area contributed by atoms with E-state index in [4.69, 9.17) is 11.5 Å². The Bertz CT molecular complexity index is 257. The summed E-state index contributed by atoms with van der Waals surface area (Å²) >= 11 is 0. The first-order valence-electron chi connectivity index (χ1n) is 3.88. The molecule has 2 nitrogen and oxygen atoms in total. The van der Waals surface area contributed by atoms with Crippen LogP contribution in [0.5, 0.6) is 0 Å². The first-order chi connectivity index (χ1) is 5.61. The van der Waals surface area contributed by atoms with Crippen LogP contribution in [0.1, 0.15) is 18.5 Å². The van der Waals surface area contributed by atoms with E-state index in [0.29, 0.717) is 0 Å². The zero-order valence-electron chi connectivity index (χ0n) is 8.07. The molecule has 0 fully saturated rings. The minimum absolute atomic E-state index is 0. The van der Waals surface area contributed by atoms with E-state index in [1.807, 2.05) is 6.92 Å². The van der Waals surface area contributed by atoms with Crippen LogP contribution in [0.3, 0.4) is 0 Å². The van der Waals surface area contributed by atoms with Crippen LogP contribution in [0.15, 0.2) is 24.3 Å². The molecule has 1 aromatic carbocycles. The van der Waals surface area contributed by atoms with Crippen molar-refractivity contribution in [2.45, 2.75) is 19.0 Å². The van der Waals surface area contributed by atoms with Crippen molar-refractivity contribution in [1.29, 1.82) is 0 Å². The monoisotopic (exact) mass is 433 g/mol. The van der Waals surface area contributed by atoms with Gasteiger partial charge in [-0.2, -0.15) is 0 Å². The van der Waals surface area contributed by atoms with Gasteiger partial charge in [-0.3, -0.25) is 0 Å². The Kier molecular flexibility index (Phi) is 13.2. The van der Waals surface area contributed by atoms with Crippen molar-refractivity contribution < 1.29 is 50.3 Å². The minimum Gasteiger partial charge on any atom is -1.00 e. The summed E-state index contributed by atoms with van der Waals surface area (Å²) in [7, 11) is 0. The fourth-order valence-electron chi connectivity index (χ4n) is 0.989. The third-order valence-electron chi connectivity index (χ3n) is 1.82. The fourth-order valence-corrected chi connectivity index (χ4v) is 0.989. The number of rotatable bonds is 2. The maximum absolute atomic E-state index is 12.5. The van der Waals surface area contributed by atoms with Crippen LogP contribution < -0.4 is 36.3 Å². The van der Waals surface area contributed by atoms with E-state index in [0.717, 1.165) is 5.56 Å². The van der Waals surface area contributed by atoms with E-state index < -0.39 is 0 Å². The Balaban J connectivity index is -0.000000480. The second-order valence-corrected chi connectivity index (χ2v) is 2.94. The summed E-state index contributed by atoms with van der Waals surface area (Å²) in [5, 5.41) is 0. The second-order valence-electron chi connectivity index (χ2n) is 2.94. The molecule has 0 saturated heterocycles. The van der Waals surface area contributed by atoms with Gasteiger partial charge in [0, 0.05) is 12.1 Å². The van der Waals surface area contributed by atoms with Gasteiger partial charge in [-0.15, -0.1) is 0 Å². The molecule has 0 saturated carbocycles. The maximum atomic E-state index is 12.5. The van der Waals surface area contributed by atoms with Crippen LogP contribution in [0, 0.1) is 5.82 Å². The molecular weight excluding hydrogens is 421 g/mol. The van der Waals surface area contributed by atoms with Crippen molar-refractivity contribution in [3.63, 3.8) is 0 Å². The van der Waals surface area contributed by atoms with Gasteiger partial charge in [0.05, 0.1) is 0 Å². The second kappa shape index (κ2) is 9.56. The van der Waals surface area contributed by atoms with Gasteiger partial charge in [0.2, 0.25) is 0 Å². The number of nitrogens with two attached hydrogens (primary N) is 2. The molecule has 0 spiro atoms. The summed E-state index contributed by atoms with van der Waals surface area (Å²) in [4.78, 5) is 0. The predicted molar refractivity (Wildman–Crippen MR) is 47.0 cm³/mol. The zero-order valence-corrected chi connectivity index (χ0v) is 11.9. The van der Waals surface area contributed by atoms with Gasteiger partial charge in [-0.1, -0.05) is 12.1 Å². The van der Waals surface area contributed by atoms with Crippen LogP contribution in [0.2, 0.25) is 0 Å². The Labute approximate surface area is 116 Å². The Morgan fingerprint density at radius 3 is 1.80 bits per heavy atom. The maximum Gasteiger partial charge on any atom is 2.00 e. The molecule has 0 aliphatic heterocycles. The fraction of sp³-hybridized carbons (Fsp3) is 0.333. The van der Waals surface area contributed by atoms with Crippen LogP contribution >= 0.6 is 0 Å². The Morgan fingerprint density at radius 2 is 1.47 bits per heavy atom. The largest absolute Gasteiger partial charge is 2.00 e. The van der Waals surface area contributed by atoms with E-state index >= 15 is 0 Å². The van der Waals surface area contributed by atoms with Gasteiger partial charge >= 0.3 is 21.1 Å². The summed E-state index contributed by atoms with van der Waals surface area (Å²) in [6.07, 6.45) is 0. The van der Waals surface area contributed by atoms with Crippen LogP contribution in [-0.4, -0.2) is 6.04 Å². The third-order valence-corrected chi connectivity index (χ3v) is 1.82. The molecule has 0 aliphatic rings. The summed E-state index contributed by atoms with van der Waals surface area (Å²) in [5.41, 5.74) is 12.2. The van der Waals surface area contributed by atoms with E-state index in [2.05, 4.69) is 0 Å². The predicted octanol–water partition coefficient (Wildman–Crippen LogP) is -4.82. The first-order valence-corrected chi connectivity index (χ1v) is 3.88. The smallest absolute Gasteiger partial charge is 1.00 e. The summed E-state index contributed by atoms with van der Waals surface area (Å²) in [6.45, 7) is 1.83. The molecule has 0 heterocycles. The van der Waals surface area contributed by atoms with Crippen LogP contribution in [0.4, 0.5) is 4.39 Å². The van der Waals surface area contributed by atoms with E-state index in [9.17, 15) is 4.39 Å². The average molecular weight is 434 g/mol. The van der Waals surface area contributed by atoms with Crippen molar-refractivity contribution in [2.24, 2.45) is 11.5 Å². The molecule has 0 radical (unpaired) electrons. The number of benzene rings is 1. The SMILES string of the molecule is CC(N)C(N)c1ccc(F)cc1.[Cl-].[Cl-].[Pt+2]. The van der Waals surface area contributed by atoms with E-state index in [-0.39, 0.29) is 63.8 Å². The van der Waals surface area contributed by atoms with Crippen molar-refractivity contribution in [2.75, 3.05) is 0 Å². The van der Waals surface area contributed by atoms with Crippen molar-refractivity contribution in [3.8, 4) is 0 Å². The van der Waals surface area contributed by atoms with Gasteiger partial charge < -0.3 is 36.3 Å². The molecule has 4 N–H and O–H groups in total. The molecule has 1 aromatic rings. The molecule has 6 heteroatoms. The van der Waals surface area contributed by atoms with Gasteiger partial charge in [-0.25, -0.2) is 4.39 Å². The summed E-state index contributed by atoms with van der Waals surface area (Å²) in [5.74, 6) is -0.254. The number of hydrogen-bond acceptors (Lipinski definition) is 2. The molecular formula is C9H13Cl2FN2Pt. The quantitative estimate of drug-likeness (QED) is 0.491. The molecule has 90 valence electrons. The van der Waals surface area contributed by atoms with Crippen LogP contribution in [-0.2, 0) is 21.1 Å².